The van der Waals surface area contributed by atoms with Crippen LogP contribution >= 0.6 is 22.9 Å². The molecule has 2 rings (SSSR count). The number of sulfonamides is 1. The highest BCUT2D eigenvalue weighted by Crippen LogP contribution is 2.30. The van der Waals surface area contributed by atoms with Crippen molar-refractivity contribution in [3.05, 3.63) is 16.5 Å². The number of carbonyl (C=O) groups excluding carboxylic acids is 1. The monoisotopic (exact) mass is 322 g/mol. The van der Waals surface area contributed by atoms with Crippen LogP contribution in [0.2, 0.25) is 4.34 Å². The summed E-state index contributed by atoms with van der Waals surface area (Å²) in [5, 5.41) is 2.70. The fourth-order valence-corrected chi connectivity index (χ4v) is 5.45. The van der Waals surface area contributed by atoms with Crippen molar-refractivity contribution >= 4 is 38.9 Å². The molecule has 1 saturated heterocycles. The minimum absolute atomic E-state index is 0.0921. The molecule has 1 atom stereocenters. The Kier molecular flexibility index (Phi) is 4.20. The van der Waals surface area contributed by atoms with Crippen LogP contribution in [0.25, 0.3) is 0 Å². The topological polar surface area (TPSA) is 66.5 Å². The number of hydrogen-bond acceptors (Lipinski definition) is 4. The Morgan fingerprint density at radius 3 is 2.68 bits per heavy atom. The molecule has 0 aromatic carbocycles. The average Bonchev–Trinajstić information content (AvgIpc) is 2.75. The molecule has 1 amide bonds. The predicted octanol–water partition coefficient (Wildman–Crippen LogP) is 1.55. The Balaban J connectivity index is 2.40. The summed E-state index contributed by atoms with van der Waals surface area (Å²) >= 11 is 6.80. The third kappa shape index (κ3) is 2.79. The maximum atomic E-state index is 12.6. The second-order valence-corrected chi connectivity index (χ2v) is 8.49. The highest BCUT2D eigenvalue weighted by Gasteiger charge is 2.40. The van der Waals surface area contributed by atoms with Gasteiger partial charge in [-0.2, -0.15) is 4.31 Å². The van der Waals surface area contributed by atoms with Gasteiger partial charge >= 0.3 is 0 Å². The number of nitrogens with one attached hydrogen (secondary N) is 1. The van der Waals surface area contributed by atoms with Gasteiger partial charge in [-0.3, -0.25) is 4.79 Å². The van der Waals surface area contributed by atoms with Gasteiger partial charge in [0.15, 0.2) is 0 Å². The van der Waals surface area contributed by atoms with E-state index < -0.39 is 16.1 Å². The molecule has 5 nitrogen and oxygen atoms in total. The van der Waals surface area contributed by atoms with Crippen molar-refractivity contribution in [1.29, 1.82) is 0 Å². The van der Waals surface area contributed by atoms with Crippen molar-refractivity contribution in [3.8, 4) is 0 Å². The molecule has 19 heavy (non-hydrogen) atoms. The lowest BCUT2D eigenvalue weighted by atomic mass is 10.0. The quantitative estimate of drug-likeness (QED) is 0.918. The third-order valence-corrected chi connectivity index (χ3v) is 6.53. The molecular formula is C11H15ClN2O3S2. The minimum Gasteiger partial charge on any atom is -0.353 e. The van der Waals surface area contributed by atoms with Crippen LogP contribution in [-0.2, 0) is 14.8 Å². The van der Waals surface area contributed by atoms with Crippen LogP contribution in [0.1, 0.15) is 13.8 Å². The molecule has 1 aliphatic heterocycles. The number of rotatable bonds is 3. The zero-order valence-corrected chi connectivity index (χ0v) is 13.0. The first-order chi connectivity index (χ1) is 8.84. The number of hydrogen-bond donors (Lipinski definition) is 1. The molecule has 1 aromatic rings. The summed E-state index contributed by atoms with van der Waals surface area (Å²) in [6.07, 6.45) is 0. The van der Waals surface area contributed by atoms with E-state index in [1.165, 1.54) is 10.4 Å². The Bertz CT molecular complexity index is 583. The van der Waals surface area contributed by atoms with E-state index in [4.69, 9.17) is 11.6 Å². The molecule has 8 heteroatoms. The number of piperazine rings is 1. The van der Waals surface area contributed by atoms with Gasteiger partial charge in [-0.1, -0.05) is 25.4 Å². The van der Waals surface area contributed by atoms with E-state index in [0.29, 0.717) is 10.9 Å². The summed E-state index contributed by atoms with van der Waals surface area (Å²) in [6, 6.07) is 2.36. The molecule has 1 N–H and O–H groups in total. The maximum Gasteiger partial charge on any atom is 0.253 e. The summed E-state index contributed by atoms with van der Waals surface area (Å²) in [7, 11) is -3.66. The summed E-state index contributed by atoms with van der Waals surface area (Å²) < 4.78 is 27.0. The van der Waals surface area contributed by atoms with Crippen LogP contribution in [-0.4, -0.2) is 37.8 Å². The molecule has 0 spiro atoms. The lowest BCUT2D eigenvalue weighted by Gasteiger charge is -2.35. The van der Waals surface area contributed by atoms with E-state index in [1.807, 2.05) is 13.8 Å². The molecule has 106 valence electrons. The third-order valence-electron chi connectivity index (χ3n) is 2.95. The number of carbonyl (C=O) groups is 1. The second kappa shape index (κ2) is 5.40. The molecule has 0 aliphatic carbocycles. The summed E-state index contributed by atoms with van der Waals surface area (Å²) in [5.74, 6) is -0.335. The molecular weight excluding hydrogens is 308 g/mol. The normalized spacial score (nSPS) is 21.7. The Morgan fingerprint density at radius 2 is 2.16 bits per heavy atom. The zero-order chi connectivity index (χ0) is 14.2. The lowest BCUT2D eigenvalue weighted by Crippen LogP contribution is -2.58. The molecule has 0 saturated carbocycles. The first kappa shape index (κ1) is 14.8. The fourth-order valence-electron chi connectivity index (χ4n) is 2.12. The van der Waals surface area contributed by atoms with E-state index in [0.717, 1.165) is 11.3 Å². The Hall–Kier alpha value is -0.630. The van der Waals surface area contributed by atoms with Gasteiger partial charge in [0.1, 0.15) is 10.3 Å². The van der Waals surface area contributed by atoms with E-state index >= 15 is 0 Å². The average molecular weight is 323 g/mol. The van der Waals surface area contributed by atoms with Gasteiger partial charge in [0.05, 0.1) is 4.34 Å². The van der Waals surface area contributed by atoms with E-state index in [2.05, 4.69) is 5.32 Å². The first-order valence-electron chi connectivity index (χ1n) is 5.89. The fraction of sp³-hybridized carbons (Fsp3) is 0.545. The van der Waals surface area contributed by atoms with E-state index in [1.54, 1.807) is 6.07 Å². The van der Waals surface area contributed by atoms with Crippen LogP contribution in [0.4, 0.5) is 0 Å². The van der Waals surface area contributed by atoms with Gasteiger partial charge in [-0.15, -0.1) is 11.3 Å². The SMILES string of the molecule is CC(C)[C@H]1C(=O)NCCN1S(=O)(=O)c1ccc(Cl)s1. The number of amides is 1. The molecule has 1 aliphatic rings. The lowest BCUT2D eigenvalue weighted by molar-refractivity contribution is -0.128. The zero-order valence-electron chi connectivity index (χ0n) is 10.6. The van der Waals surface area contributed by atoms with Gasteiger partial charge in [0.25, 0.3) is 10.0 Å². The van der Waals surface area contributed by atoms with Crippen molar-refractivity contribution in [2.45, 2.75) is 24.1 Å². The number of nitrogens with zero attached hydrogens (tertiary/aromatic N) is 1. The summed E-state index contributed by atoms with van der Waals surface area (Å²) in [6.45, 7) is 4.28. The maximum absolute atomic E-state index is 12.6. The Morgan fingerprint density at radius 1 is 1.47 bits per heavy atom. The molecule has 0 unspecified atom stereocenters. The van der Waals surface area contributed by atoms with Crippen molar-refractivity contribution in [1.82, 2.24) is 9.62 Å². The first-order valence-corrected chi connectivity index (χ1v) is 8.52. The smallest absolute Gasteiger partial charge is 0.253 e. The number of halogens is 1. The molecule has 0 radical (unpaired) electrons. The van der Waals surface area contributed by atoms with Crippen LogP contribution in [0, 0.1) is 5.92 Å². The van der Waals surface area contributed by atoms with Crippen LogP contribution in [0.15, 0.2) is 16.3 Å². The molecule has 1 aromatic heterocycles. The van der Waals surface area contributed by atoms with Crippen molar-refractivity contribution in [2.24, 2.45) is 5.92 Å². The summed E-state index contributed by atoms with van der Waals surface area (Å²) in [5.41, 5.74) is 0. The van der Waals surface area contributed by atoms with E-state index in [-0.39, 0.29) is 22.6 Å². The van der Waals surface area contributed by atoms with Gasteiger partial charge in [-0.25, -0.2) is 8.42 Å². The highest BCUT2D eigenvalue weighted by molar-refractivity contribution is 7.91. The van der Waals surface area contributed by atoms with E-state index in [9.17, 15) is 13.2 Å². The van der Waals surface area contributed by atoms with Crippen LogP contribution in [0.3, 0.4) is 0 Å². The highest BCUT2D eigenvalue weighted by atomic mass is 35.5. The standard InChI is InChI=1S/C11H15ClN2O3S2/c1-7(2)10-11(15)13-5-6-14(10)19(16,17)9-4-3-8(12)18-9/h3-4,7,10H,5-6H2,1-2H3,(H,13,15)/t10-/m0/s1. The van der Waals surface area contributed by atoms with Gasteiger partial charge in [-0.05, 0) is 18.1 Å². The Labute approximate surface area is 121 Å². The number of thiophene rings is 1. The van der Waals surface area contributed by atoms with Crippen molar-refractivity contribution in [3.63, 3.8) is 0 Å². The predicted molar refractivity (Wildman–Crippen MR) is 74.9 cm³/mol. The molecule has 1 fully saturated rings. The molecule has 2 heterocycles. The van der Waals surface area contributed by atoms with Gasteiger partial charge in [0, 0.05) is 13.1 Å². The second-order valence-electron chi connectivity index (χ2n) is 4.65. The summed E-state index contributed by atoms with van der Waals surface area (Å²) in [4.78, 5) is 11.9. The largest absolute Gasteiger partial charge is 0.353 e. The van der Waals surface area contributed by atoms with Gasteiger partial charge < -0.3 is 5.32 Å². The van der Waals surface area contributed by atoms with Crippen LogP contribution < -0.4 is 5.32 Å². The molecule has 0 bridgehead atoms. The van der Waals surface area contributed by atoms with Gasteiger partial charge in [0.2, 0.25) is 5.91 Å². The van der Waals surface area contributed by atoms with Crippen molar-refractivity contribution in [2.75, 3.05) is 13.1 Å². The minimum atomic E-state index is -3.66. The van der Waals surface area contributed by atoms with Crippen molar-refractivity contribution < 1.29 is 13.2 Å². The van der Waals surface area contributed by atoms with Crippen LogP contribution in [0.5, 0.6) is 0 Å².